The van der Waals surface area contributed by atoms with Crippen molar-refractivity contribution in [2.75, 3.05) is 11.5 Å². The number of aromatic nitrogens is 2. The average molecular weight is 726 g/mol. The third kappa shape index (κ3) is 10.4. The molecule has 6 N–H and O–H groups in total. The zero-order valence-electron chi connectivity index (χ0n) is 33.1. The molecule has 5 aromatic rings. The van der Waals surface area contributed by atoms with Gasteiger partial charge in [0.2, 0.25) is 0 Å². The van der Waals surface area contributed by atoms with Gasteiger partial charge < -0.3 is 21.9 Å². The molecular weight excluding hydrogens is 671 g/mol. The summed E-state index contributed by atoms with van der Waals surface area (Å²) in [5.41, 5.74) is 25.5. The van der Waals surface area contributed by atoms with Crippen molar-refractivity contribution in [3.63, 3.8) is 0 Å². The first kappa shape index (κ1) is 41.3. The van der Waals surface area contributed by atoms with Crippen LogP contribution < -0.4 is 16.8 Å². The molecule has 5 heteroatoms. The molecule has 2 aromatic heterocycles. The van der Waals surface area contributed by atoms with E-state index in [0.717, 1.165) is 68.6 Å². The second kappa shape index (κ2) is 21.3. The van der Waals surface area contributed by atoms with Crippen LogP contribution in [-0.4, -0.2) is 9.97 Å². The summed E-state index contributed by atoms with van der Waals surface area (Å²) in [6.45, 7) is 12.0. The van der Waals surface area contributed by atoms with Crippen molar-refractivity contribution in [3.8, 4) is 33.4 Å². The van der Waals surface area contributed by atoms with Gasteiger partial charge in [-0.1, -0.05) is 157 Å². The Morgan fingerprint density at radius 3 is 1.78 bits per heavy atom. The van der Waals surface area contributed by atoms with Gasteiger partial charge in [-0.2, -0.15) is 0 Å². The summed E-state index contributed by atoms with van der Waals surface area (Å²) in [4.78, 5) is 8.99. The molecule has 0 radical (unpaired) electrons. The number of nitrogens with zero attached hydrogens (tertiary/aromatic N) is 1. The Balaban J connectivity index is 0.00000107. The van der Waals surface area contributed by atoms with E-state index in [1.165, 1.54) is 5.57 Å². The molecule has 0 amide bonds. The summed E-state index contributed by atoms with van der Waals surface area (Å²) in [6, 6.07) is 44.0. The summed E-state index contributed by atoms with van der Waals surface area (Å²) in [6.07, 6.45) is 12.6. The van der Waals surface area contributed by atoms with Gasteiger partial charge in [0.05, 0.1) is 16.7 Å². The first-order valence-corrected chi connectivity index (χ1v) is 19.4. The minimum atomic E-state index is 0.287. The molecule has 1 aliphatic heterocycles. The summed E-state index contributed by atoms with van der Waals surface area (Å²) >= 11 is 0. The molecule has 0 spiro atoms. The first-order chi connectivity index (χ1) is 27.0. The number of anilines is 2. The number of benzene rings is 3. The molecule has 0 unspecified atom stereocenters. The highest BCUT2D eigenvalue weighted by Crippen LogP contribution is 2.34. The van der Waals surface area contributed by atoms with E-state index in [0.29, 0.717) is 16.9 Å². The number of rotatable bonds is 4. The number of nitrogens with two attached hydrogens (primary N) is 2. The van der Waals surface area contributed by atoms with Crippen molar-refractivity contribution >= 4 is 40.1 Å². The maximum atomic E-state index is 9.18. The quantitative estimate of drug-likeness (QED) is 0.136. The molecule has 4 bridgehead atoms. The zero-order valence-corrected chi connectivity index (χ0v) is 33.1. The standard InChI is InChI=1S/C44H37N5.3C2H6/c45-34-24-22-33(23-25-34)43-37(46)20-10-18-35(30-12-4-1-5-13-30)39-26-28-41(48-39)44(32-16-8-3-9-17-32)42-29-27-40(49-42)36(19-11-21-38(43)47)31-14-6-2-7-15-31;3*1-2/h1-6,8-14,16-29,46,48H,7,15,45,47H2;3*1-2H3. The molecule has 2 aliphatic rings. The minimum absolute atomic E-state index is 0.287. The Morgan fingerprint density at radius 1 is 0.545 bits per heavy atom. The Morgan fingerprint density at radius 2 is 1.13 bits per heavy atom. The van der Waals surface area contributed by atoms with Gasteiger partial charge in [-0.25, -0.2) is 4.98 Å². The highest BCUT2D eigenvalue weighted by Gasteiger charge is 2.14. The van der Waals surface area contributed by atoms with E-state index in [1.54, 1.807) is 6.07 Å². The van der Waals surface area contributed by atoms with Crippen LogP contribution in [0.3, 0.4) is 0 Å². The van der Waals surface area contributed by atoms with Gasteiger partial charge in [-0.15, -0.1) is 0 Å². The van der Waals surface area contributed by atoms with Crippen LogP contribution in [-0.2, 0) is 0 Å². The summed E-state index contributed by atoms with van der Waals surface area (Å²) in [7, 11) is 0. The lowest BCUT2D eigenvalue weighted by Gasteiger charge is -2.09. The molecule has 1 aliphatic carbocycles. The van der Waals surface area contributed by atoms with Crippen molar-refractivity contribution in [2.24, 2.45) is 0 Å². The fraction of sp³-hybridized carbons (Fsp3) is 0.160. The summed E-state index contributed by atoms with van der Waals surface area (Å²) < 4.78 is 0. The predicted molar refractivity (Wildman–Crippen MR) is 240 cm³/mol. The third-order valence-corrected chi connectivity index (χ3v) is 8.75. The lowest BCUT2D eigenvalue weighted by atomic mass is 9.96. The molecule has 7 rings (SSSR count). The summed E-state index contributed by atoms with van der Waals surface area (Å²) in [5, 5.41) is 9.46. The number of fused-ring (bicyclic) bond motifs is 4. The van der Waals surface area contributed by atoms with E-state index < -0.39 is 0 Å². The molecule has 280 valence electrons. The van der Waals surface area contributed by atoms with Crippen molar-refractivity contribution in [1.82, 2.24) is 9.97 Å². The fourth-order valence-corrected chi connectivity index (χ4v) is 6.32. The van der Waals surface area contributed by atoms with Gasteiger partial charge in [-0.05, 0) is 83.7 Å². The second-order valence-electron chi connectivity index (χ2n) is 12.0. The second-order valence-corrected chi connectivity index (χ2v) is 12.0. The maximum Gasteiger partial charge on any atom is 0.0737 e. The number of nitrogen functional groups attached to an aromatic ring is 2. The molecule has 5 nitrogen and oxygen atoms in total. The van der Waals surface area contributed by atoms with Gasteiger partial charge in [0.1, 0.15) is 0 Å². The monoisotopic (exact) mass is 725 g/mol. The van der Waals surface area contributed by atoms with Crippen LogP contribution in [0, 0.1) is 5.41 Å². The molecule has 3 aromatic carbocycles. The number of nitrogens with one attached hydrogen (secondary N) is 2. The van der Waals surface area contributed by atoms with Gasteiger partial charge in [-0.3, -0.25) is 0 Å². The van der Waals surface area contributed by atoms with Gasteiger partial charge in [0, 0.05) is 44.7 Å². The van der Waals surface area contributed by atoms with Crippen LogP contribution in [0.4, 0.5) is 11.4 Å². The average Bonchev–Trinajstić information content (AvgIpc) is 3.93. The van der Waals surface area contributed by atoms with Crippen LogP contribution in [0.15, 0.2) is 152 Å². The van der Waals surface area contributed by atoms with Crippen molar-refractivity contribution in [1.29, 1.82) is 5.41 Å². The number of aromatic amines is 1. The van der Waals surface area contributed by atoms with Gasteiger partial charge in [0.15, 0.2) is 0 Å². The van der Waals surface area contributed by atoms with Crippen molar-refractivity contribution in [3.05, 3.63) is 174 Å². The van der Waals surface area contributed by atoms with Crippen LogP contribution in [0.5, 0.6) is 0 Å². The van der Waals surface area contributed by atoms with E-state index >= 15 is 0 Å². The van der Waals surface area contributed by atoms with E-state index in [1.807, 2.05) is 114 Å². The first-order valence-electron chi connectivity index (χ1n) is 19.4. The largest absolute Gasteiger partial charge is 0.399 e. The maximum absolute atomic E-state index is 9.18. The molecule has 0 fully saturated rings. The molecular formula is C50H55N5. The van der Waals surface area contributed by atoms with Gasteiger partial charge >= 0.3 is 0 Å². The Kier molecular flexibility index (Phi) is 16.0. The number of allylic oxidation sites excluding steroid dienone is 4. The topological polar surface area (TPSA) is 105 Å². The molecule has 55 heavy (non-hydrogen) atoms. The highest BCUT2D eigenvalue weighted by molar-refractivity contribution is 5.93. The van der Waals surface area contributed by atoms with Crippen LogP contribution in [0.1, 0.15) is 71.3 Å². The SMILES string of the molecule is CC.CC.CC.N=c1cccc(-c2ccccc2)c2ccc([nH]2)c(-c2ccccc2)c2nc(c(C3=CC=CCC3)cccc(N)c1-c1ccc(N)cc1)C=C2. The number of hydrogen-bond acceptors (Lipinski definition) is 4. The number of H-pyrrole nitrogens is 1. The lowest BCUT2D eigenvalue weighted by molar-refractivity contribution is 1.05. The third-order valence-electron chi connectivity index (χ3n) is 8.75. The predicted octanol–water partition coefficient (Wildman–Crippen LogP) is 13.3. The normalized spacial score (nSPS) is 11.5. The number of hydrogen-bond donors (Lipinski definition) is 4. The minimum Gasteiger partial charge on any atom is -0.399 e. The smallest absolute Gasteiger partial charge is 0.0737 e. The molecule has 0 atom stereocenters. The van der Waals surface area contributed by atoms with E-state index in [-0.39, 0.29) is 5.36 Å². The Labute approximate surface area is 327 Å². The van der Waals surface area contributed by atoms with Crippen LogP contribution >= 0.6 is 0 Å². The summed E-state index contributed by atoms with van der Waals surface area (Å²) in [5.74, 6) is 0. The van der Waals surface area contributed by atoms with E-state index in [2.05, 4.69) is 90.0 Å². The van der Waals surface area contributed by atoms with E-state index in [9.17, 15) is 5.41 Å². The highest BCUT2D eigenvalue weighted by atomic mass is 14.7. The lowest BCUT2D eigenvalue weighted by Crippen LogP contribution is -2.04. The van der Waals surface area contributed by atoms with Crippen molar-refractivity contribution in [2.45, 2.75) is 54.4 Å². The molecule has 3 heterocycles. The van der Waals surface area contributed by atoms with Gasteiger partial charge in [0.25, 0.3) is 0 Å². The van der Waals surface area contributed by atoms with E-state index in [4.69, 9.17) is 16.5 Å². The van der Waals surface area contributed by atoms with Crippen molar-refractivity contribution < 1.29 is 0 Å². The molecule has 0 saturated heterocycles. The molecule has 0 saturated carbocycles. The van der Waals surface area contributed by atoms with Crippen LogP contribution in [0.2, 0.25) is 0 Å². The zero-order chi connectivity index (χ0) is 39.6. The fourth-order valence-electron chi connectivity index (χ4n) is 6.32. The van der Waals surface area contributed by atoms with Crippen LogP contribution in [0.25, 0.3) is 62.1 Å². The Bertz CT molecular complexity index is 2350. The Hall–Kier alpha value is -6.46.